The standard InChI is InChI=1S/C20H17ClN4O3/c21-12-4-1-10(2-5-12)18-17-16(11-3-6-14-15(7-11)27-9-26-14)13(8-22)19(23)28-20(17)25-24-18/h1-7,16-18,20,24-25H,9,23H2. The van der Waals surface area contributed by atoms with E-state index >= 15 is 0 Å². The van der Waals surface area contributed by atoms with Crippen molar-refractivity contribution in [1.29, 1.82) is 5.26 Å². The molecule has 4 N–H and O–H groups in total. The predicted molar refractivity (Wildman–Crippen MR) is 101 cm³/mol. The second-order valence-electron chi connectivity index (χ2n) is 6.91. The van der Waals surface area contributed by atoms with Gasteiger partial charge in [-0.15, -0.1) is 0 Å². The minimum atomic E-state index is -0.381. The van der Waals surface area contributed by atoms with Crippen LogP contribution in [0.2, 0.25) is 5.02 Å². The monoisotopic (exact) mass is 396 g/mol. The van der Waals surface area contributed by atoms with Crippen LogP contribution in [0.25, 0.3) is 0 Å². The molecule has 0 spiro atoms. The number of nitrogens with zero attached hydrogens (tertiary/aromatic N) is 1. The quantitative estimate of drug-likeness (QED) is 0.717. The molecule has 4 atom stereocenters. The van der Waals surface area contributed by atoms with Crippen LogP contribution in [-0.2, 0) is 4.74 Å². The minimum Gasteiger partial charge on any atom is -0.458 e. The molecule has 7 nitrogen and oxygen atoms in total. The van der Waals surface area contributed by atoms with Crippen molar-refractivity contribution >= 4 is 11.6 Å². The average Bonchev–Trinajstić information content (AvgIpc) is 3.33. The number of hydrazine groups is 1. The van der Waals surface area contributed by atoms with Crippen molar-refractivity contribution in [3.05, 3.63) is 70.1 Å². The zero-order valence-corrected chi connectivity index (χ0v) is 15.4. The van der Waals surface area contributed by atoms with Crippen molar-refractivity contribution in [1.82, 2.24) is 10.9 Å². The fourth-order valence-corrected chi connectivity index (χ4v) is 4.28. The molecule has 3 aliphatic rings. The summed E-state index contributed by atoms with van der Waals surface area (Å²) in [4.78, 5) is 0. The number of benzene rings is 2. The molecule has 2 aromatic carbocycles. The molecule has 142 valence electrons. The molecule has 4 unspecified atom stereocenters. The highest BCUT2D eigenvalue weighted by Crippen LogP contribution is 2.49. The summed E-state index contributed by atoms with van der Waals surface area (Å²) in [5, 5.41) is 10.5. The molecule has 0 amide bonds. The Labute approximate surface area is 166 Å². The van der Waals surface area contributed by atoms with E-state index in [1.807, 2.05) is 42.5 Å². The molecule has 0 bridgehead atoms. The Morgan fingerprint density at radius 2 is 1.79 bits per heavy atom. The summed E-state index contributed by atoms with van der Waals surface area (Å²) in [5.74, 6) is 1.11. The van der Waals surface area contributed by atoms with Gasteiger partial charge in [0.25, 0.3) is 0 Å². The Kier molecular flexibility index (Phi) is 4.05. The summed E-state index contributed by atoms with van der Waals surface area (Å²) >= 11 is 6.05. The number of ether oxygens (including phenoxy) is 3. The maximum absolute atomic E-state index is 9.82. The Balaban J connectivity index is 1.61. The first-order valence-electron chi connectivity index (χ1n) is 8.88. The zero-order chi connectivity index (χ0) is 19.3. The van der Waals surface area contributed by atoms with Crippen molar-refractivity contribution in [2.24, 2.45) is 11.7 Å². The second kappa shape index (κ2) is 6.60. The van der Waals surface area contributed by atoms with Crippen LogP contribution in [-0.4, -0.2) is 13.0 Å². The lowest BCUT2D eigenvalue weighted by Gasteiger charge is -2.36. The summed E-state index contributed by atoms with van der Waals surface area (Å²) in [6.45, 7) is 0.193. The smallest absolute Gasteiger partial charge is 0.231 e. The lowest BCUT2D eigenvalue weighted by Crippen LogP contribution is -2.40. The van der Waals surface area contributed by atoms with Crippen molar-refractivity contribution in [3.8, 4) is 17.6 Å². The van der Waals surface area contributed by atoms with Crippen LogP contribution in [0.3, 0.4) is 0 Å². The largest absolute Gasteiger partial charge is 0.458 e. The van der Waals surface area contributed by atoms with E-state index in [1.54, 1.807) is 0 Å². The van der Waals surface area contributed by atoms with Gasteiger partial charge in [-0.05, 0) is 35.4 Å². The van der Waals surface area contributed by atoms with E-state index < -0.39 is 0 Å². The highest BCUT2D eigenvalue weighted by atomic mass is 35.5. The third kappa shape index (κ3) is 2.66. The number of allylic oxidation sites excluding steroid dienone is 1. The van der Waals surface area contributed by atoms with Crippen molar-refractivity contribution in [3.63, 3.8) is 0 Å². The van der Waals surface area contributed by atoms with Gasteiger partial charge in [-0.3, -0.25) is 0 Å². The van der Waals surface area contributed by atoms with E-state index in [4.69, 9.17) is 31.5 Å². The van der Waals surface area contributed by atoms with Gasteiger partial charge >= 0.3 is 0 Å². The maximum atomic E-state index is 9.82. The molecule has 1 fully saturated rings. The molecule has 3 aliphatic heterocycles. The molecule has 3 heterocycles. The molecule has 28 heavy (non-hydrogen) atoms. The van der Waals surface area contributed by atoms with E-state index in [2.05, 4.69) is 16.9 Å². The lowest BCUT2D eigenvalue weighted by molar-refractivity contribution is 0.0340. The van der Waals surface area contributed by atoms with Crippen LogP contribution in [0, 0.1) is 17.2 Å². The Morgan fingerprint density at radius 3 is 2.57 bits per heavy atom. The lowest BCUT2D eigenvalue weighted by atomic mass is 9.74. The molecule has 2 aromatic rings. The number of fused-ring (bicyclic) bond motifs is 2. The third-order valence-corrected chi connectivity index (χ3v) is 5.69. The molecule has 0 aliphatic carbocycles. The third-order valence-electron chi connectivity index (χ3n) is 5.44. The van der Waals surface area contributed by atoms with E-state index in [-0.39, 0.29) is 36.8 Å². The number of nitrogens with two attached hydrogens (primary N) is 1. The summed E-state index contributed by atoms with van der Waals surface area (Å²) < 4.78 is 16.8. The molecule has 0 saturated carbocycles. The summed E-state index contributed by atoms with van der Waals surface area (Å²) in [6.07, 6.45) is -0.381. The number of nitrogens with one attached hydrogen (secondary N) is 2. The first-order valence-corrected chi connectivity index (χ1v) is 9.26. The van der Waals surface area contributed by atoms with Gasteiger partial charge in [-0.1, -0.05) is 29.8 Å². The molecular formula is C20H17ClN4O3. The van der Waals surface area contributed by atoms with Crippen molar-refractivity contribution in [2.75, 3.05) is 6.79 Å². The van der Waals surface area contributed by atoms with Crippen LogP contribution < -0.4 is 26.1 Å². The second-order valence-corrected chi connectivity index (χ2v) is 7.35. The summed E-state index contributed by atoms with van der Waals surface area (Å²) in [6, 6.07) is 15.5. The summed E-state index contributed by atoms with van der Waals surface area (Å²) in [5.41, 5.74) is 14.9. The van der Waals surface area contributed by atoms with Crippen LogP contribution in [0.5, 0.6) is 11.5 Å². The van der Waals surface area contributed by atoms with Gasteiger partial charge in [0.05, 0.1) is 11.6 Å². The van der Waals surface area contributed by atoms with Crippen molar-refractivity contribution < 1.29 is 14.2 Å². The molecule has 5 rings (SSSR count). The normalized spacial score (nSPS) is 27.9. The van der Waals surface area contributed by atoms with E-state index in [0.29, 0.717) is 22.1 Å². The van der Waals surface area contributed by atoms with Gasteiger partial charge in [0.15, 0.2) is 17.7 Å². The number of nitriles is 1. The first kappa shape index (κ1) is 17.2. The number of hydrogen-bond acceptors (Lipinski definition) is 7. The predicted octanol–water partition coefficient (Wildman–Crippen LogP) is 2.67. The molecule has 0 radical (unpaired) electrons. The van der Waals surface area contributed by atoms with Gasteiger partial charge in [0, 0.05) is 16.9 Å². The first-order chi connectivity index (χ1) is 13.7. The molecule has 1 saturated heterocycles. The number of hydrogen-bond donors (Lipinski definition) is 3. The van der Waals surface area contributed by atoms with E-state index in [9.17, 15) is 5.26 Å². The average molecular weight is 397 g/mol. The maximum Gasteiger partial charge on any atom is 0.231 e. The number of halogens is 1. The fourth-order valence-electron chi connectivity index (χ4n) is 4.16. The van der Waals surface area contributed by atoms with Crippen LogP contribution in [0.15, 0.2) is 53.9 Å². The Morgan fingerprint density at radius 1 is 1.04 bits per heavy atom. The Bertz CT molecular complexity index is 1000. The van der Waals surface area contributed by atoms with Crippen LogP contribution in [0.4, 0.5) is 0 Å². The summed E-state index contributed by atoms with van der Waals surface area (Å²) in [7, 11) is 0. The van der Waals surface area contributed by atoms with Crippen LogP contribution >= 0.6 is 11.6 Å². The van der Waals surface area contributed by atoms with Gasteiger partial charge in [0.2, 0.25) is 12.7 Å². The molecule has 8 heteroatoms. The van der Waals surface area contributed by atoms with Gasteiger partial charge in [-0.25, -0.2) is 10.9 Å². The highest BCUT2D eigenvalue weighted by molar-refractivity contribution is 6.30. The fraction of sp³-hybridized carbons (Fsp3) is 0.250. The van der Waals surface area contributed by atoms with Gasteiger partial charge in [-0.2, -0.15) is 5.26 Å². The van der Waals surface area contributed by atoms with Crippen LogP contribution in [0.1, 0.15) is 23.1 Å². The highest BCUT2D eigenvalue weighted by Gasteiger charge is 2.49. The van der Waals surface area contributed by atoms with E-state index in [0.717, 1.165) is 11.1 Å². The minimum absolute atomic E-state index is 0.103. The topological polar surface area (TPSA) is 102 Å². The molecular weight excluding hydrogens is 380 g/mol. The van der Waals surface area contributed by atoms with Gasteiger partial charge < -0.3 is 19.9 Å². The van der Waals surface area contributed by atoms with E-state index in [1.165, 1.54) is 0 Å². The number of rotatable bonds is 2. The van der Waals surface area contributed by atoms with Gasteiger partial charge in [0.1, 0.15) is 6.07 Å². The Hall–Kier alpha value is -2.92. The SMILES string of the molecule is N#CC1=C(N)OC2NNC(c3ccc(Cl)cc3)C2C1c1ccc2c(c1)OCO2. The zero-order valence-electron chi connectivity index (χ0n) is 14.7. The van der Waals surface area contributed by atoms with Crippen molar-refractivity contribution in [2.45, 2.75) is 18.2 Å². The molecule has 0 aromatic heterocycles.